The second kappa shape index (κ2) is 9.95. The average Bonchev–Trinajstić information content (AvgIpc) is 3.30. The van der Waals surface area contributed by atoms with E-state index < -0.39 is 26.9 Å². The summed E-state index contributed by atoms with van der Waals surface area (Å²) in [5.41, 5.74) is 1.59. The van der Waals surface area contributed by atoms with E-state index in [0.717, 1.165) is 21.7 Å². The Hall–Kier alpha value is -2.75. The van der Waals surface area contributed by atoms with Gasteiger partial charge in [0.15, 0.2) is 21.2 Å². The van der Waals surface area contributed by atoms with Gasteiger partial charge in [0.05, 0.1) is 11.8 Å². The minimum Gasteiger partial charge on any atom is -0.387 e. The molecule has 0 saturated carbocycles. The van der Waals surface area contributed by atoms with Crippen LogP contribution in [-0.2, 0) is 19.5 Å². The second-order valence-electron chi connectivity index (χ2n) is 10.3. The maximum Gasteiger partial charge on any atom is 0.196 e. The third-order valence-corrected chi connectivity index (χ3v) is 11.2. The van der Waals surface area contributed by atoms with Crippen molar-refractivity contribution >= 4 is 26.1 Å². The molecule has 1 saturated heterocycles. The maximum absolute atomic E-state index is 15.7. The van der Waals surface area contributed by atoms with Crippen molar-refractivity contribution in [3.05, 3.63) is 132 Å². The number of rotatable bonds is 7. The van der Waals surface area contributed by atoms with Crippen LogP contribution in [0.2, 0.25) is 19.6 Å². The molecule has 1 aliphatic rings. The van der Waals surface area contributed by atoms with Crippen LogP contribution < -0.4 is 10.6 Å². The monoisotopic (exact) mass is 512 g/mol. The highest BCUT2D eigenvalue weighted by Gasteiger charge is 2.60. The lowest BCUT2D eigenvalue weighted by molar-refractivity contribution is -0.186. The third-order valence-electron chi connectivity index (χ3n) is 6.72. The van der Waals surface area contributed by atoms with Gasteiger partial charge in [-0.1, -0.05) is 121 Å². The quantitative estimate of drug-likeness (QED) is 0.193. The Labute approximate surface area is 215 Å². The van der Waals surface area contributed by atoms with Gasteiger partial charge in [-0.2, -0.15) is 0 Å². The minimum atomic E-state index is -3.23. The van der Waals surface area contributed by atoms with Crippen molar-refractivity contribution < 1.29 is 13.7 Å². The van der Waals surface area contributed by atoms with Crippen LogP contribution in [0.15, 0.2) is 121 Å². The fourth-order valence-corrected chi connectivity index (χ4v) is 10.1. The lowest BCUT2D eigenvalue weighted by Crippen LogP contribution is -2.48. The zero-order valence-corrected chi connectivity index (χ0v) is 23.0. The van der Waals surface area contributed by atoms with Gasteiger partial charge in [-0.25, -0.2) is 0 Å². The summed E-state index contributed by atoms with van der Waals surface area (Å²) in [6.45, 7) is 6.51. The van der Waals surface area contributed by atoms with Crippen LogP contribution in [0, 0.1) is 0 Å². The van der Waals surface area contributed by atoms with Gasteiger partial charge in [0.1, 0.15) is 0 Å². The van der Waals surface area contributed by atoms with Gasteiger partial charge in [-0.3, -0.25) is 0 Å². The Morgan fingerprint density at radius 3 is 1.64 bits per heavy atom. The molecule has 1 fully saturated rings. The van der Waals surface area contributed by atoms with Gasteiger partial charge in [-0.15, -0.1) is 0 Å². The normalized spacial score (nSPS) is 22.4. The largest absolute Gasteiger partial charge is 0.387 e. The molecule has 1 heterocycles. The Morgan fingerprint density at radius 1 is 0.722 bits per heavy atom. The highest BCUT2D eigenvalue weighted by Crippen LogP contribution is 2.64. The fourth-order valence-electron chi connectivity index (χ4n) is 5.30. The molecule has 0 aliphatic carbocycles. The van der Waals surface area contributed by atoms with Crippen LogP contribution >= 0.6 is 7.14 Å². The lowest BCUT2D eigenvalue weighted by atomic mass is 10.0. The summed E-state index contributed by atoms with van der Waals surface area (Å²) in [4.78, 5) is 0. The molecule has 0 aromatic heterocycles. The smallest absolute Gasteiger partial charge is 0.196 e. The first kappa shape index (κ1) is 24.9. The molecule has 0 radical (unpaired) electrons. The first-order valence-corrected chi connectivity index (χ1v) is 17.7. The summed E-state index contributed by atoms with van der Waals surface area (Å²) in [7, 11) is -5.41. The Balaban J connectivity index is 1.79. The molecule has 36 heavy (non-hydrogen) atoms. The van der Waals surface area contributed by atoms with E-state index in [1.165, 1.54) is 0 Å². The van der Waals surface area contributed by atoms with Crippen LogP contribution in [0.3, 0.4) is 0 Å². The van der Waals surface area contributed by atoms with E-state index in [0.29, 0.717) is 6.42 Å². The molecule has 4 aromatic rings. The van der Waals surface area contributed by atoms with Crippen LogP contribution in [0.25, 0.3) is 0 Å². The van der Waals surface area contributed by atoms with Crippen LogP contribution in [-0.4, -0.2) is 14.0 Å². The summed E-state index contributed by atoms with van der Waals surface area (Å²) >= 11 is 0. The lowest BCUT2D eigenvalue weighted by Gasteiger charge is -2.43. The first-order chi connectivity index (χ1) is 17.3. The number of ether oxygens (including phenoxy) is 1. The van der Waals surface area contributed by atoms with E-state index in [-0.39, 0.29) is 6.10 Å². The summed E-state index contributed by atoms with van der Waals surface area (Å²) in [5, 5.41) is 1.66. The molecule has 5 rings (SSSR count). The Morgan fingerprint density at radius 2 is 1.17 bits per heavy atom. The molecule has 0 N–H and O–H groups in total. The molecule has 184 valence electrons. The summed E-state index contributed by atoms with van der Waals surface area (Å²) in [6, 6.07) is 40.2. The topological polar surface area (TPSA) is 35.5 Å². The predicted molar refractivity (Wildman–Crippen MR) is 151 cm³/mol. The maximum atomic E-state index is 15.7. The van der Waals surface area contributed by atoms with E-state index in [2.05, 4.69) is 43.9 Å². The predicted octanol–water partition coefficient (Wildman–Crippen LogP) is 7.24. The molecule has 3 nitrogen and oxygen atoms in total. The molecular weight excluding hydrogens is 479 g/mol. The minimum absolute atomic E-state index is 0.242. The van der Waals surface area contributed by atoms with Gasteiger partial charge < -0.3 is 13.7 Å². The summed E-state index contributed by atoms with van der Waals surface area (Å²) < 4.78 is 29.8. The van der Waals surface area contributed by atoms with Gasteiger partial charge in [0, 0.05) is 16.2 Å². The molecule has 0 unspecified atom stereocenters. The van der Waals surface area contributed by atoms with Crippen molar-refractivity contribution in [3.8, 4) is 0 Å². The van der Waals surface area contributed by atoms with Crippen LogP contribution in [0.1, 0.15) is 23.7 Å². The van der Waals surface area contributed by atoms with E-state index in [4.69, 9.17) is 9.16 Å². The molecule has 4 aromatic carbocycles. The Kier molecular flexibility index (Phi) is 6.89. The van der Waals surface area contributed by atoms with Gasteiger partial charge >= 0.3 is 0 Å². The third kappa shape index (κ3) is 4.67. The highest BCUT2D eigenvalue weighted by atomic mass is 31.2. The number of hydrogen-bond acceptors (Lipinski definition) is 3. The zero-order chi connectivity index (χ0) is 25.2. The van der Waals surface area contributed by atoms with Gasteiger partial charge in [-0.05, 0) is 31.6 Å². The van der Waals surface area contributed by atoms with E-state index in [1.807, 2.05) is 97.1 Å². The first-order valence-electron chi connectivity index (χ1n) is 12.5. The van der Waals surface area contributed by atoms with Crippen molar-refractivity contribution in [2.75, 3.05) is 0 Å². The molecule has 0 spiro atoms. The van der Waals surface area contributed by atoms with E-state index in [9.17, 15) is 0 Å². The van der Waals surface area contributed by atoms with Crippen molar-refractivity contribution in [2.24, 2.45) is 0 Å². The average molecular weight is 513 g/mol. The molecule has 5 heteroatoms. The van der Waals surface area contributed by atoms with Crippen molar-refractivity contribution in [1.82, 2.24) is 0 Å². The molecule has 0 bridgehead atoms. The van der Waals surface area contributed by atoms with Crippen molar-refractivity contribution in [3.63, 3.8) is 0 Å². The molecule has 0 amide bonds. The van der Waals surface area contributed by atoms with Gasteiger partial charge in [0.2, 0.25) is 0 Å². The molecule has 3 atom stereocenters. The highest BCUT2D eigenvalue weighted by molar-refractivity contribution is 7.79. The molecule has 1 aliphatic heterocycles. The van der Waals surface area contributed by atoms with E-state index in [1.54, 1.807) is 0 Å². The van der Waals surface area contributed by atoms with Crippen LogP contribution in [0.4, 0.5) is 0 Å². The van der Waals surface area contributed by atoms with Crippen LogP contribution in [0.5, 0.6) is 0 Å². The number of hydrogen-bond donors (Lipinski definition) is 0. The standard InChI is InChI=1S/C31H33O3PSi/c1-36(2,3)34-31(26-18-10-5-11-19-26)30(24-29(33-31)25-16-8-4-9-17-25)35(32,27-20-12-6-13-21-27)28-22-14-7-15-23-28/h4-23,29-30H,24H2,1-3H3/t29-,30+,31+/m0/s1. The fraction of sp³-hybridized carbons (Fsp3) is 0.226. The SMILES string of the molecule is C[Si](C)(C)O[C@@]1(c2ccccc2)O[C@H](c2ccccc2)C[C@H]1P(=O)(c1ccccc1)c1ccccc1. The zero-order valence-electron chi connectivity index (χ0n) is 21.1. The van der Waals surface area contributed by atoms with E-state index >= 15 is 4.57 Å². The summed E-state index contributed by atoms with van der Waals surface area (Å²) in [5.74, 6) is -1.15. The summed E-state index contributed by atoms with van der Waals surface area (Å²) in [6.07, 6.45) is 0.346. The second-order valence-corrected chi connectivity index (χ2v) is 17.7. The van der Waals surface area contributed by atoms with Crippen molar-refractivity contribution in [2.45, 2.75) is 43.6 Å². The Bertz CT molecular complexity index is 1280. The van der Waals surface area contributed by atoms with Crippen molar-refractivity contribution in [1.29, 1.82) is 0 Å². The number of benzene rings is 4. The van der Waals surface area contributed by atoms with Gasteiger partial charge in [0.25, 0.3) is 0 Å². The molecular formula is C31H33O3PSi.